The maximum absolute atomic E-state index is 12.1. The molecule has 0 aliphatic carbocycles. The highest BCUT2D eigenvalue weighted by Crippen LogP contribution is 2.21. The highest BCUT2D eigenvalue weighted by molar-refractivity contribution is 7.89. The fraction of sp³-hybridized carbons (Fsp3) is 0.833. The van der Waals surface area contributed by atoms with Gasteiger partial charge in [-0.3, -0.25) is 9.59 Å². The molecular formula is C12H21NO6S. The number of rotatable bonds is 6. The Morgan fingerprint density at radius 2 is 2.05 bits per heavy atom. The van der Waals surface area contributed by atoms with E-state index >= 15 is 0 Å². The molecule has 0 saturated carbocycles. The van der Waals surface area contributed by atoms with Crippen LogP contribution in [0.2, 0.25) is 0 Å². The zero-order valence-electron chi connectivity index (χ0n) is 11.8. The van der Waals surface area contributed by atoms with E-state index in [1.807, 2.05) is 0 Å². The van der Waals surface area contributed by atoms with Gasteiger partial charge in [0, 0.05) is 13.1 Å². The molecule has 1 aliphatic heterocycles. The standard InChI is InChI=1S/C12H21NO6S/c1-3-19-12(15)10-5-4-7-13(9-10)20(16,17)8-6-11(14)18-2/h10H,3-9H2,1-2H3. The number of nitrogens with zero attached hydrogens (tertiary/aromatic N) is 1. The van der Waals surface area contributed by atoms with Gasteiger partial charge in [-0.05, 0) is 19.8 Å². The van der Waals surface area contributed by atoms with E-state index in [0.717, 1.165) is 0 Å². The van der Waals surface area contributed by atoms with E-state index in [1.54, 1.807) is 6.92 Å². The lowest BCUT2D eigenvalue weighted by Crippen LogP contribution is -2.43. The molecule has 1 aliphatic rings. The monoisotopic (exact) mass is 307 g/mol. The maximum Gasteiger partial charge on any atom is 0.310 e. The molecule has 0 aromatic rings. The Bertz CT molecular complexity index is 447. The van der Waals surface area contributed by atoms with Crippen LogP contribution in [0.1, 0.15) is 26.2 Å². The van der Waals surface area contributed by atoms with Crippen LogP contribution in [0, 0.1) is 5.92 Å². The van der Waals surface area contributed by atoms with Crippen molar-refractivity contribution in [3.05, 3.63) is 0 Å². The molecule has 1 saturated heterocycles. The first-order valence-electron chi connectivity index (χ1n) is 6.62. The fourth-order valence-electron chi connectivity index (χ4n) is 2.09. The second kappa shape index (κ2) is 7.58. The number of sulfonamides is 1. The Morgan fingerprint density at radius 1 is 1.35 bits per heavy atom. The number of methoxy groups -OCH3 is 1. The number of carbonyl (C=O) groups is 2. The summed E-state index contributed by atoms with van der Waals surface area (Å²) in [6.45, 7) is 2.50. The molecule has 1 rings (SSSR count). The van der Waals surface area contributed by atoms with Gasteiger partial charge < -0.3 is 9.47 Å². The molecule has 1 fully saturated rings. The lowest BCUT2D eigenvalue weighted by atomic mass is 10.0. The van der Waals surface area contributed by atoms with E-state index in [2.05, 4.69) is 4.74 Å². The van der Waals surface area contributed by atoms with Crippen molar-refractivity contribution in [2.75, 3.05) is 32.6 Å². The average Bonchev–Trinajstić information content (AvgIpc) is 2.45. The summed E-state index contributed by atoms with van der Waals surface area (Å²) in [6.07, 6.45) is 1.06. The van der Waals surface area contributed by atoms with Crippen molar-refractivity contribution < 1.29 is 27.5 Å². The van der Waals surface area contributed by atoms with Crippen LogP contribution in [0.3, 0.4) is 0 Å². The number of piperidine rings is 1. The number of hydrogen-bond acceptors (Lipinski definition) is 6. The van der Waals surface area contributed by atoms with Crippen molar-refractivity contribution in [1.82, 2.24) is 4.31 Å². The third-order valence-electron chi connectivity index (χ3n) is 3.19. The van der Waals surface area contributed by atoms with Crippen LogP contribution < -0.4 is 0 Å². The second-order valence-corrected chi connectivity index (χ2v) is 6.68. The Kier molecular flexibility index (Phi) is 6.41. The molecule has 7 nitrogen and oxygen atoms in total. The summed E-state index contributed by atoms with van der Waals surface area (Å²) >= 11 is 0. The molecule has 0 aromatic carbocycles. The number of ether oxygens (including phenoxy) is 2. The first kappa shape index (κ1) is 16.9. The fourth-order valence-corrected chi connectivity index (χ4v) is 3.59. The van der Waals surface area contributed by atoms with Gasteiger partial charge in [-0.2, -0.15) is 0 Å². The highest BCUT2D eigenvalue weighted by Gasteiger charge is 2.33. The molecule has 0 aromatic heterocycles. The second-order valence-electron chi connectivity index (χ2n) is 4.59. The van der Waals surface area contributed by atoms with Gasteiger partial charge in [0.15, 0.2) is 0 Å². The van der Waals surface area contributed by atoms with Gasteiger partial charge in [0.2, 0.25) is 10.0 Å². The summed E-state index contributed by atoms with van der Waals surface area (Å²) in [5, 5.41) is 0. The van der Waals surface area contributed by atoms with E-state index in [-0.39, 0.29) is 31.3 Å². The molecule has 0 N–H and O–H groups in total. The number of hydrogen-bond donors (Lipinski definition) is 0. The van der Waals surface area contributed by atoms with Crippen LogP contribution in [-0.4, -0.2) is 57.2 Å². The van der Waals surface area contributed by atoms with Crippen LogP contribution in [-0.2, 0) is 29.1 Å². The van der Waals surface area contributed by atoms with Gasteiger partial charge in [-0.1, -0.05) is 0 Å². The minimum atomic E-state index is -3.55. The summed E-state index contributed by atoms with van der Waals surface area (Å²) in [5.74, 6) is -1.64. The Morgan fingerprint density at radius 3 is 2.65 bits per heavy atom. The predicted octanol–water partition coefficient (Wildman–Crippen LogP) is 0.154. The topological polar surface area (TPSA) is 90.0 Å². The van der Waals surface area contributed by atoms with Crippen molar-refractivity contribution in [1.29, 1.82) is 0 Å². The molecule has 0 bridgehead atoms. The van der Waals surface area contributed by atoms with Gasteiger partial charge in [0.05, 0.1) is 31.8 Å². The Hall–Kier alpha value is -1.15. The van der Waals surface area contributed by atoms with Gasteiger partial charge >= 0.3 is 11.9 Å². The first-order valence-corrected chi connectivity index (χ1v) is 8.23. The van der Waals surface area contributed by atoms with Crippen molar-refractivity contribution in [2.24, 2.45) is 5.92 Å². The van der Waals surface area contributed by atoms with E-state index in [4.69, 9.17) is 4.74 Å². The van der Waals surface area contributed by atoms with Crippen LogP contribution >= 0.6 is 0 Å². The zero-order valence-corrected chi connectivity index (χ0v) is 12.6. The molecule has 1 heterocycles. The lowest BCUT2D eigenvalue weighted by molar-refractivity contribution is -0.149. The van der Waals surface area contributed by atoms with Crippen LogP contribution in [0.4, 0.5) is 0 Å². The largest absolute Gasteiger partial charge is 0.469 e. The summed E-state index contributed by atoms with van der Waals surface area (Å²) in [7, 11) is -2.33. The Labute approximate surface area is 119 Å². The van der Waals surface area contributed by atoms with Crippen molar-refractivity contribution in [3.8, 4) is 0 Å². The van der Waals surface area contributed by atoms with Gasteiger partial charge in [-0.25, -0.2) is 12.7 Å². The van der Waals surface area contributed by atoms with E-state index < -0.39 is 21.9 Å². The minimum Gasteiger partial charge on any atom is -0.469 e. The van der Waals surface area contributed by atoms with Gasteiger partial charge in [-0.15, -0.1) is 0 Å². The number of carbonyl (C=O) groups excluding carboxylic acids is 2. The van der Waals surface area contributed by atoms with Crippen molar-refractivity contribution in [3.63, 3.8) is 0 Å². The van der Waals surface area contributed by atoms with E-state index in [0.29, 0.717) is 19.4 Å². The normalized spacial score (nSPS) is 20.4. The third-order valence-corrected chi connectivity index (χ3v) is 5.03. The molecule has 8 heteroatoms. The van der Waals surface area contributed by atoms with Crippen molar-refractivity contribution >= 4 is 22.0 Å². The molecule has 116 valence electrons. The summed E-state index contributed by atoms with van der Waals surface area (Å²) in [4.78, 5) is 22.7. The summed E-state index contributed by atoms with van der Waals surface area (Å²) in [6, 6.07) is 0. The number of esters is 2. The molecule has 1 atom stereocenters. The zero-order chi connectivity index (χ0) is 15.2. The predicted molar refractivity (Wildman–Crippen MR) is 71.3 cm³/mol. The molecule has 0 amide bonds. The van der Waals surface area contributed by atoms with E-state index in [1.165, 1.54) is 11.4 Å². The quantitative estimate of drug-likeness (QED) is 0.649. The Balaban J connectivity index is 2.61. The minimum absolute atomic E-state index is 0.127. The van der Waals surface area contributed by atoms with Crippen LogP contribution in [0.25, 0.3) is 0 Å². The highest BCUT2D eigenvalue weighted by atomic mass is 32.2. The molecule has 0 radical (unpaired) electrons. The molecular weight excluding hydrogens is 286 g/mol. The average molecular weight is 307 g/mol. The van der Waals surface area contributed by atoms with Gasteiger partial charge in [0.1, 0.15) is 0 Å². The summed E-state index contributed by atoms with van der Waals surface area (Å²) < 4.78 is 34.8. The maximum atomic E-state index is 12.1. The van der Waals surface area contributed by atoms with Crippen molar-refractivity contribution in [2.45, 2.75) is 26.2 Å². The first-order chi connectivity index (χ1) is 9.40. The molecule has 20 heavy (non-hydrogen) atoms. The SMILES string of the molecule is CCOC(=O)C1CCCN(S(=O)(=O)CCC(=O)OC)C1. The van der Waals surface area contributed by atoms with Gasteiger partial charge in [0.25, 0.3) is 0 Å². The molecule has 0 spiro atoms. The van der Waals surface area contributed by atoms with Crippen LogP contribution in [0.15, 0.2) is 0 Å². The summed E-state index contributed by atoms with van der Waals surface area (Å²) in [5.41, 5.74) is 0. The van der Waals surface area contributed by atoms with E-state index in [9.17, 15) is 18.0 Å². The van der Waals surface area contributed by atoms with Crippen LogP contribution in [0.5, 0.6) is 0 Å². The smallest absolute Gasteiger partial charge is 0.310 e. The third kappa shape index (κ3) is 4.75. The molecule has 1 unspecified atom stereocenters. The lowest BCUT2D eigenvalue weighted by Gasteiger charge is -2.30.